The molecule has 2 N–H and O–H groups in total. The largest absolute Gasteiger partial charge is 0.481 e. The Labute approximate surface area is 538 Å². The van der Waals surface area contributed by atoms with Crippen LogP contribution in [0.15, 0.2) is 0 Å². The minimum atomic E-state index is -0.880. The summed E-state index contributed by atoms with van der Waals surface area (Å²) in [4.78, 5) is 22.3. The van der Waals surface area contributed by atoms with Crippen LogP contribution >= 0.6 is 21.6 Å². The van der Waals surface area contributed by atoms with E-state index in [2.05, 4.69) is 5.32 Å². The summed E-state index contributed by atoms with van der Waals surface area (Å²) in [5.41, 5.74) is 0. The van der Waals surface area contributed by atoms with Gasteiger partial charge in [0.25, 0.3) is 0 Å². The van der Waals surface area contributed by atoms with Gasteiger partial charge < -0.3 is 124 Å². The second kappa shape index (κ2) is 77.4. The van der Waals surface area contributed by atoms with Crippen molar-refractivity contribution in [3.05, 3.63) is 0 Å². The van der Waals surface area contributed by atoms with Crippen LogP contribution in [0.25, 0.3) is 0 Å². The Morgan fingerprint density at radius 2 is 0.483 bits per heavy atom. The molecular weight excluding hydrogens is 1220 g/mol. The second-order valence-corrected chi connectivity index (χ2v) is 21.6. The van der Waals surface area contributed by atoms with E-state index in [-0.39, 0.29) is 18.9 Å². The number of aliphatic carboxylic acids is 1. The highest BCUT2D eigenvalue weighted by molar-refractivity contribution is 8.77. The monoisotopic (exact) mass is 1330 g/mol. The molecule has 0 bridgehead atoms. The lowest BCUT2D eigenvalue weighted by Gasteiger charge is -2.09. The predicted molar refractivity (Wildman–Crippen MR) is 332 cm³/mol. The fourth-order valence-electron chi connectivity index (χ4n) is 6.89. The molecule has 1 heterocycles. The highest BCUT2D eigenvalue weighted by Gasteiger charge is 2.16. The molecule has 0 spiro atoms. The number of amides is 1. The molecule has 28 nitrogen and oxygen atoms in total. The molecule has 0 saturated carbocycles. The van der Waals surface area contributed by atoms with Gasteiger partial charge in [0.1, 0.15) is 0 Å². The van der Waals surface area contributed by atoms with Crippen molar-refractivity contribution in [3.8, 4) is 0 Å². The summed E-state index contributed by atoms with van der Waals surface area (Å²) in [6.07, 6.45) is 5.17. The summed E-state index contributed by atoms with van der Waals surface area (Å²) < 4.78 is 132. The van der Waals surface area contributed by atoms with Crippen LogP contribution in [0.5, 0.6) is 0 Å². The van der Waals surface area contributed by atoms with Gasteiger partial charge in [0, 0.05) is 24.0 Å². The molecule has 0 aromatic rings. The van der Waals surface area contributed by atoms with E-state index in [1.54, 1.807) is 0 Å². The van der Waals surface area contributed by atoms with E-state index >= 15 is 0 Å². The van der Waals surface area contributed by atoms with Gasteiger partial charge in [0.15, 0.2) is 0 Å². The van der Waals surface area contributed by atoms with E-state index < -0.39 is 5.97 Å². The fourth-order valence-corrected chi connectivity index (χ4v) is 9.92. The summed E-state index contributed by atoms with van der Waals surface area (Å²) >= 11 is 0. The van der Waals surface area contributed by atoms with Gasteiger partial charge in [0.05, 0.1) is 324 Å². The van der Waals surface area contributed by atoms with Gasteiger partial charge >= 0.3 is 5.97 Å². The SMILES string of the molecule is O=C(O)CCOCCOCCOCCOCCOCCOCCOCCOCCOCCOCCOCCOCCOCCOCCOCCOCCOCCOCCOCCOCCOCCOCCOCCOCCNC(=O)CCCCC1CCSS1. The third-order valence-electron chi connectivity index (χ3n) is 11.5. The van der Waals surface area contributed by atoms with Crippen LogP contribution in [0.1, 0.15) is 38.5 Å². The standard InChI is InChI=1S/C59H115NO27S2/c61-58(4-2-1-3-57-6-56-88-89-57)60-7-9-65-11-13-67-15-17-69-19-21-71-23-25-73-27-29-75-31-33-77-35-37-79-39-41-81-43-45-83-47-49-85-51-53-87-55-54-86-52-50-84-48-46-82-44-42-80-40-38-78-36-34-76-32-30-74-28-26-72-24-22-70-20-18-68-16-14-66-12-10-64-8-5-59(62)63/h57H,1-56H2,(H,60,61)(H,62,63). The van der Waals surface area contributed by atoms with Crippen LogP contribution in [-0.2, 0) is 123 Å². The van der Waals surface area contributed by atoms with E-state index in [4.69, 9.17) is 119 Å². The summed E-state index contributed by atoms with van der Waals surface area (Å²) in [7, 11) is 3.96. The number of nitrogens with one attached hydrogen (secondary N) is 1. The number of hydrogen-bond donors (Lipinski definition) is 2. The van der Waals surface area contributed by atoms with Gasteiger partial charge in [-0.3, -0.25) is 9.59 Å². The van der Waals surface area contributed by atoms with E-state index in [9.17, 15) is 9.59 Å². The number of carbonyl (C=O) groups is 2. The zero-order valence-corrected chi connectivity index (χ0v) is 55.2. The minimum Gasteiger partial charge on any atom is -0.481 e. The quantitative estimate of drug-likeness (QED) is 0.0654. The molecule has 0 radical (unpaired) electrons. The van der Waals surface area contributed by atoms with Crippen molar-refractivity contribution in [1.29, 1.82) is 0 Å². The van der Waals surface area contributed by atoms with Gasteiger partial charge in [0.2, 0.25) is 5.91 Å². The lowest BCUT2D eigenvalue weighted by Crippen LogP contribution is -2.27. The van der Waals surface area contributed by atoms with Gasteiger partial charge in [-0.2, -0.15) is 0 Å². The van der Waals surface area contributed by atoms with Crippen LogP contribution in [0, 0.1) is 0 Å². The van der Waals surface area contributed by atoms with Crippen molar-refractivity contribution < 1.29 is 128 Å². The van der Waals surface area contributed by atoms with Crippen LogP contribution in [0.3, 0.4) is 0 Å². The molecule has 1 fully saturated rings. The Kier molecular flexibility index (Phi) is 74.5. The first kappa shape index (κ1) is 85.7. The first-order valence-corrected chi connectivity index (χ1v) is 34.2. The summed E-state index contributed by atoms with van der Waals surface area (Å²) in [6.45, 7) is 23.0. The van der Waals surface area contributed by atoms with Crippen LogP contribution in [0.2, 0.25) is 0 Å². The first-order chi connectivity index (χ1) is 44.2. The van der Waals surface area contributed by atoms with E-state index in [0.29, 0.717) is 323 Å². The van der Waals surface area contributed by atoms with E-state index in [0.717, 1.165) is 18.1 Å². The summed E-state index contributed by atoms with van der Waals surface area (Å²) in [6, 6.07) is 0. The molecule has 1 unspecified atom stereocenters. The van der Waals surface area contributed by atoms with Gasteiger partial charge in [-0.05, 0) is 19.3 Å². The van der Waals surface area contributed by atoms with Gasteiger partial charge in [-0.1, -0.05) is 28.0 Å². The molecular formula is C59H115NO27S2. The van der Waals surface area contributed by atoms with E-state index in [1.165, 1.54) is 18.6 Å². The number of carboxylic acids is 1. The Morgan fingerprint density at radius 1 is 0.281 bits per heavy atom. The number of carbonyl (C=O) groups excluding carboxylic acids is 1. The Balaban J connectivity index is 1.59. The lowest BCUT2D eigenvalue weighted by molar-refractivity contribution is -0.138. The molecule has 1 rings (SSSR count). The highest BCUT2D eigenvalue weighted by atomic mass is 33.1. The van der Waals surface area contributed by atoms with Crippen molar-refractivity contribution in [2.24, 2.45) is 0 Å². The number of hydrogen-bond acceptors (Lipinski definition) is 28. The van der Waals surface area contributed by atoms with E-state index in [1.807, 2.05) is 21.6 Å². The smallest absolute Gasteiger partial charge is 0.305 e. The van der Waals surface area contributed by atoms with Gasteiger partial charge in [-0.25, -0.2) is 0 Å². The number of unbranched alkanes of at least 4 members (excludes halogenated alkanes) is 1. The van der Waals surface area contributed by atoms with Crippen LogP contribution in [-0.4, -0.2) is 352 Å². The van der Waals surface area contributed by atoms with Crippen molar-refractivity contribution in [2.75, 3.05) is 329 Å². The molecule has 0 aliphatic carbocycles. The number of carboxylic acid groups (broad SMARTS) is 1. The van der Waals surface area contributed by atoms with Crippen LogP contribution in [0.4, 0.5) is 0 Å². The fraction of sp³-hybridized carbons (Fsp3) is 0.966. The molecule has 0 aromatic heterocycles. The topological polar surface area (TPSA) is 288 Å². The molecule has 1 aliphatic rings. The zero-order valence-electron chi connectivity index (χ0n) is 53.6. The molecule has 30 heteroatoms. The second-order valence-electron chi connectivity index (χ2n) is 18.8. The summed E-state index contributed by atoms with van der Waals surface area (Å²) in [5.74, 6) is 0.480. The lowest BCUT2D eigenvalue weighted by atomic mass is 10.1. The Hall–Kier alpha value is -1.32. The maximum atomic E-state index is 11.9. The highest BCUT2D eigenvalue weighted by Crippen LogP contribution is 2.39. The van der Waals surface area contributed by atoms with Crippen molar-refractivity contribution in [3.63, 3.8) is 0 Å². The normalized spacial score (nSPS) is 13.4. The maximum absolute atomic E-state index is 11.9. The number of ether oxygens (including phenoxy) is 24. The van der Waals surface area contributed by atoms with Crippen molar-refractivity contribution >= 4 is 33.5 Å². The number of rotatable bonds is 80. The Bertz CT molecular complexity index is 1380. The Morgan fingerprint density at radius 3 is 0.674 bits per heavy atom. The van der Waals surface area contributed by atoms with Crippen molar-refractivity contribution in [1.82, 2.24) is 5.32 Å². The predicted octanol–water partition coefficient (Wildman–Crippen LogP) is 2.69. The minimum absolute atomic E-state index is 0.0105. The molecule has 1 saturated heterocycles. The third kappa shape index (κ3) is 75.6. The molecule has 1 atom stereocenters. The van der Waals surface area contributed by atoms with Crippen LogP contribution < -0.4 is 5.32 Å². The maximum Gasteiger partial charge on any atom is 0.305 e. The summed E-state index contributed by atoms with van der Waals surface area (Å²) in [5, 5.41) is 12.2. The molecule has 89 heavy (non-hydrogen) atoms. The average Bonchev–Trinajstić information content (AvgIpc) is 4.08. The average molecular weight is 1330 g/mol. The van der Waals surface area contributed by atoms with Crippen molar-refractivity contribution in [2.45, 2.75) is 43.8 Å². The molecule has 1 aliphatic heterocycles. The molecule has 1 amide bonds. The molecule has 0 aromatic carbocycles. The zero-order chi connectivity index (χ0) is 63.4. The van der Waals surface area contributed by atoms with Gasteiger partial charge in [-0.15, -0.1) is 0 Å². The first-order valence-electron chi connectivity index (χ1n) is 31.8. The molecule has 530 valence electrons. The third-order valence-corrected chi connectivity index (χ3v) is 14.5.